The summed E-state index contributed by atoms with van der Waals surface area (Å²) < 4.78 is 74.5. The van der Waals surface area contributed by atoms with Gasteiger partial charge in [-0.3, -0.25) is 4.72 Å². The van der Waals surface area contributed by atoms with E-state index in [2.05, 4.69) is 4.72 Å². The van der Waals surface area contributed by atoms with Gasteiger partial charge in [0.1, 0.15) is 16.1 Å². The molecule has 1 aliphatic heterocycles. The maximum Gasteiger partial charge on any atom is 0.419 e. The number of nitrogens with one attached hydrogen (secondary N) is 1. The van der Waals surface area contributed by atoms with Crippen molar-refractivity contribution in [1.29, 1.82) is 0 Å². The van der Waals surface area contributed by atoms with E-state index in [0.29, 0.717) is 24.4 Å². The highest BCUT2D eigenvalue weighted by Gasteiger charge is 2.36. The van der Waals surface area contributed by atoms with Crippen molar-refractivity contribution in [3.63, 3.8) is 0 Å². The summed E-state index contributed by atoms with van der Waals surface area (Å²) in [5, 5.41) is 0.274. The number of sulfonamides is 1. The fourth-order valence-electron chi connectivity index (χ4n) is 3.68. The summed E-state index contributed by atoms with van der Waals surface area (Å²) in [5.74, 6) is -0.405. The normalized spacial score (nSPS) is 17.2. The van der Waals surface area contributed by atoms with Crippen LogP contribution in [-0.4, -0.2) is 39.6 Å². The third kappa shape index (κ3) is 5.51. The standard InChI is InChI=1S/C23H22ClF3N2O3S2/c1-14-3-5-15(6-4-14)22-19(24)12-21(33-22)34(30,31)28-16-7-8-18(23(25,26)27)20(11-16)32-17-9-10-29(2)13-17/h3-8,11-12,17,28H,9-10,13H2,1-2H3. The van der Waals surface area contributed by atoms with E-state index >= 15 is 0 Å². The second kappa shape index (κ2) is 9.41. The van der Waals surface area contributed by atoms with Crippen LogP contribution in [0.1, 0.15) is 17.5 Å². The molecule has 34 heavy (non-hydrogen) atoms. The van der Waals surface area contributed by atoms with Gasteiger partial charge >= 0.3 is 6.18 Å². The fraction of sp³-hybridized carbons (Fsp3) is 0.304. The third-order valence-corrected chi connectivity index (χ3v) is 8.87. The van der Waals surface area contributed by atoms with Crippen molar-refractivity contribution in [3.05, 3.63) is 64.7 Å². The van der Waals surface area contributed by atoms with Crippen LogP contribution in [0.2, 0.25) is 5.02 Å². The SMILES string of the molecule is Cc1ccc(-c2sc(S(=O)(=O)Nc3ccc(C(F)(F)F)c(OC4CCN(C)C4)c3)cc2Cl)cc1. The van der Waals surface area contributed by atoms with Crippen LogP contribution >= 0.6 is 22.9 Å². The maximum absolute atomic E-state index is 13.5. The van der Waals surface area contributed by atoms with E-state index in [4.69, 9.17) is 16.3 Å². The van der Waals surface area contributed by atoms with E-state index < -0.39 is 33.6 Å². The van der Waals surface area contributed by atoms with Crippen molar-refractivity contribution in [1.82, 2.24) is 4.90 Å². The van der Waals surface area contributed by atoms with Gasteiger partial charge in [-0.15, -0.1) is 11.3 Å². The van der Waals surface area contributed by atoms with Gasteiger partial charge in [0.2, 0.25) is 0 Å². The minimum atomic E-state index is -4.64. The Bertz CT molecular complexity index is 1290. The van der Waals surface area contributed by atoms with E-state index in [1.165, 1.54) is 6.07 Å². The molecule has 1 N–H and O–H groups in total. The highest BCUT2D eigenvalue weighted by molar-refractivity contribution is 7.94. The average Bonchev–Trinajstić information content (AvgIpc) is 3.33. The van der Waals surface area contributed by atoms with Gasteiger partial charge in [-0.25, -0.2) is 8.42 Å². The van der Waals surface area contributed by atoms with E-state index in [0.717, 1.165) is 40.7 Å². The molecule has 0 radical (unpaired) electrons. The molecule has 0 spiro atoms. The van der Waals surface area contributed by atoms with Crippen LogP contribution in [0, 0.1) is 6.92 Å². The average molecular weight is 531 g/mol. The molecule has 1 atom stereocenters. The lowest BCUT2D eigenvalue weighted by Gasteiger charge is -2.19. The first-order chi connectivity index (χ1) is 15.9. The Labute approximate surface area is 205 Å². The smallest absolute Gasteiger partial charge is 0.419 e. The first kappa shape index (κ1) is 24.8. The molecule has 1 saturated heterocycles. The fourth-order valence-corrected chi connectivity index (χ4v) is 6.55. The Morgan fingerprint density at radius 1 is 1.15 bits per heavy atom. The summed E-state index contributed by atoms with van der Waals surface area (Å²) in [5.41, 5.74) is 0.839. The van der Waals surface area contributed by atoms with Gasteiger partial charge in [0, 0.05) is 19.2 Å². The van der Waals surface area contributed by atoms with Gasteiger partial charge in [-0.05, 0) is 44.2 Å². The Morgan fingerprint density at radius 3 is 2.47 bits per heavy atom. The molecule has 1 fully saturated rings. The highest BCUT2D eigenvalue weighted by Crippen LogP contribution is 2.41. The van der Waals surface area contributed by atoms with E-state index in [9.17, 15) is 21.6 Å². The first-order valence-corrected chi connectivity index (χ1v) is 13.1. The number of likely N-dealkylation sites (tertiary alicyclic amines) is 1. The van der Waals surface area contributed by atoms with Crippen LogP contribution in [0.15, 0.2) is 52.7 Å². The number of hydrogen-bond acceptors (Lipinski definition) is 5. The number of ether oxygens (including phenoxy) is 1. The molecule has 0 aliphatic carbocycles. The number of hydrogen-bond donors (Lipinski definition) is 1. The minimum absolute atomic E-state index is 0.0317. The molecule has 0 bridgehead atoms. The summed E-state index contributed by atoms with van der Waals surface area (Å²) in [4.78, 5) is 2.54. The van der Waals surface area contributed by atoms with Crippen LogP contribution in [0.4, 0.5) is 18.9 Å². The Morgan fingerprint density at radius 2 is 1.85 bits per heavy atom. The highest BCUT2D eigenvalue weighted by atomic mass is 35.5. The summed E-state index contributed by atoms with van der Waals surface area (Å²) in [6.07, 6.45) is -4.47. The molecule has 3 aromatic rings. The monoisotopic (exact) mass is 530 g/mol. The van der Waals surface area contributed by atoms with Crippen LogP contribution in [0.3, 0.4) is 0 Å². The zero-order chi connectivity index (χ0) is 24.7. The van der Waals surface area contributed by atoms with Crippen LogP contribution < -0.4 is 9.46 Å². The van der Waals surface area contributed by atoms with Crippen LogP contribution in [-0.2, 0) is 16.2 Å². The lowest BCUT2D eigenvalue weighted by atomic mass is 10.1. The third-order valence-electron chi connectivity index (χ3n) is 5.42. The molecule has 2 heterocycles. The molecule has 1 unspecified atom stereocenters. The van der Waals surface area contributed by atoms with Crippen molar-refractivity contribution in [2.75, 3.05) is 24.9 Å². The summed E-state index contributed by atoms with van der Waals surface area (Å²) in [6.45, 7) is 3.14. The van der Waals surface area contributed by atoms with Crippen molar-refractivity contribution in [2.45, 2.75) is 29.8 Å². The zero-order valence-electron chi connectivity index (χ0n) is 18.3. The molecule has 5 nitrogen and oxygen atoms in total. The lowest BCUT2D eigenvalue weighted by Crippen LogP contribution is -2.23. The number of nitrogens with zero attached hydrogens (tertiary/aromatic N) is 1. The van der Waals surface area contributed by atoms with Gasteiger partial charge in [0.05, 0.1) is 21.2 Å². The van der Waals surface area contributed by atoms with Gasteiger partial charge in [-0.2, -0.15) is 13.2 Å². The topological polar surface area (TPSA) is 58.6 Å². The van der Waals surface area contributed by atoms with Gasteiger partial charge < -0.3 is 9.64 Å². The maximum atomic E-state index is 13.5. The molecule has 1 aromatic heterocycles. The van der Waals surface area contributed by atoms with Gasteiger partial charge in [0.25, 0.3) is 10.0 Å². The second-order valence-electron chi connectivity index (χ2n) is 8.21. The number of likely N-dealkylation sites (N-methyl/N-ethyl adjacent to an activating group) is 1. The first-order valence-electron chi connectivity index (χ1n) is 10.4. The minimum Gasteiger partial charge on any atom is -0.488 e. The molecule has 4 rings (SSSR count). The molecular formula is C23H22ClF3N2O3S2. The quantitative estimate of drug-likeness (QED) is 0.407. The van der Waals surface area contributed by atoms with Crippen LogP contribution in [0.25, 0.3) is 10.4 Å². The largest absolute Gasteiger partial charge is 0.488 e. The Balaban J connectivity index is 1.62. The number of halogens is 4. The molecular weight excluding hydrogens is 509 g/mol. The molecule has 0 amide bonds. The Hall–Kier alpha value is -2.27. The van der Waals surface area contributed by atoms with Crippen LogP contribution in [0.5, 0.6) is 5.75 Å². The number of alkyl halides is 3. The van der Waals surface area contributed by atoms with Gasteiger partial charge in [0.15, 0.2) is 0 Å². The van der Waals surface area contributed by atoms with Gasteiger partial charge in [-0.1, -0.05) is 41.4 Å². The lowest BCUT2D eigenvalue weighted by molar-refractivity contribution is -0.139. The molecule has 2 aromatic carbocycles. The number of thiophene rings is 1. The molecule has 1 aliphatic rings. The van der Waals surface area contributed by atoms with E-state index in [1.807, 2.05) is 43.1 Å². The zero-order valence-corrected chi connectivity index (χ0v) is 20.7. The number of benzene rings is 2. The van der Waals surface area contributed by atoms with Crippen molar-refractivity contribution >= 4 is 38.6 Å². The van der Waals surface area contributed by atoms with E-state index in [1.54, 1.807) is 0 Å². The van der Waals surface area contributed by atoms with E-state index in [-0.39, 0.29) is 14.9 Å². The summed E-state index contributed by atoms with van der Waals surface area (Å²) in [6, 6.07) is 11.8. The summed E-state index contributed by atoms with van der Waals surface area (Å²) in [7, 11) is -2.24. The molecule has 11 heteroatoms. The van der Waals surface area contributed by atoms with Crippen molar-refractivity contribution in [2.24, 2.45) is 0 Å². The van der Waals surface area contributed by atoms with Crippen molar-refractivity contribution < 1.29 is 26.3 Å². The summed E-state index contributed by atoms with van der Waals surface area (Å²) >= 11 is 7.28. The predicted molar refractivity (Wildman–Crippen MR) is 128 cm³/mol. The Kier molecular flexibility index (Phi) is 6.87. The predicted octanol–water partition coefficient (Wildman–Crippen LogP) is 6.28. The number of anilines is 1. The molecule has 182 valence electrons. The second-order valence-corrected chi connectivity index (χ2v) is 11.6. The molecule has 0 saturated carbocycles. The number of rotatable bonds is 6. The number of aryl methyl sites for hydroxylation is 1. The van der Waals surface area contributed by atoms with Crippen molar-refractivity contribution in [3.8, 4) is 16.2 Å².